The molecule has 0 radical (unpaired) electrons. The fraction of sp³-hybridized carbons (Fsp3) is 0.763. The Morgan fingerprint density at radius 1 is 0.808 bits per heavy atom. The number of hydrogen-bond acceptors (Lipinski definition) is 9. The second-order valence-electron chi connectivity index (χ2n) is 16.3. The van der Waals surface area contributed by atoms with Crippen molar-refractivity contribution in [1.82, 2.24) is 26.6 Å². The smallest absolute Gasteiger partial charge is 0.326 e. The number of hydrogen-bond donors (Lipinski definition) is 9. The minimum absolute atomic E-state index is 0.0209. The van der Waals surface area contributed by atoms with Gasteiger partial charge in [0.1, 0.15) is 6.04 Å². The Hall–Kier alpha value is -3.33. The SMILES string of the molecule is C=CC1C2CC3NC(CC4NC(C(CC(=O)NC(CC(=O)O)C(=O)O)C5NC(CC(N2)C1C)C(C)C5CCC(=O)O)C(C(=O)O)C4C)C(CC)=C3C. The first-order valence-corrected chi connectivity index (χ1v) is 19.1. The van der Waals surface area contributed by atoms with Gasteiger partial charge in [0, 0.05) is 61.2 Å². The highest BCUT2D eigenvalue weighted by molar-refractivity contribution is 5.87. The number of nitrogens with one attached hydrogen (secondary N) is 5. The van der Waals surface area contributed by atoms with Gasteiger partial charge < -0.3 is 47.0 Å². The minimum Gasteiger partial charge on any atom is -0.481 e. The Bertz CT molecular complexity index is 1440. The number of rotatable bonds is 12. The maximum atomic E-state index is 13.8. The van der Waals surface area contributed by atoms with Gasteiger partial charge in [-0.25, -0.2) is 4.79 Å². The number of fused-ring (bicyclic) bond motifs is 8. The Morgan fingerprint density at radius 2 is 1.44 bits per heavy atom. The van der Waals surface area contributed by atoms with E-state index in [4.69, 9.17) is 0 Å². The van der Waals surface area contributed by atoms with Crippen molar-refractivity contribution in [3.8, 4) is 0 Å². The zero-order valence-corrected chi connectivity index (χ0v) is 31.0. The third-order valence-electron chi connectivity index (χ3n) is 13.6. The zero-order valence-electron chi connectivity index (χ0n) is 31.0. The summed E-state index contributed by atoms with van der Waals surface area (Å²) < 4.78 is 0. The molecule has 0 aliphatic carbocycles. The van der Waals surface area contributed by atoms with Crippen molar-refractivity contribution < 1.29 is 44.4 Å². The first-order chi connectivity index (χ1) is 24.6. The Kier molecular flexibility index (Phi) is 12.5. The summed E-state index contributed by atoms with van der Waals surface area (Å²) in [6.45, 7) is 14.8. The van der Waals surface area contributed by atoms with Crippen molar-refractivity contribution in [2.45, 2.75) is 140 Å². The van der Waals surface area contributed by atoms with Gasteiger partial charge >= 0.3 is 23.9 Å². The van der Waals surface area contributed by atoms with Crippen LogP contribution in [0.3, 0.4) is 0 Å². The molecule has 5 heterocycles. The second kappa shape index (κ2) is 16.4. The molecule has 16 unspecified atom stereocenters. The first-order valence-electron chi connectivity index (χ1n) is 19.1. The summed E-state index contributed by atoms with van der Waals surface area (Å²) >= 11 is 0. The largest absolute Gasteiger partial charge is 0.481 e. The van der Waals surface area contributed by atoms with E-state index >= 15 is 0 Å². The van der Waals surface area contributed by atoms with E-state index in [9.17, 15) is 44.4 Å². The van der Waals surface area contributed by atoms with E-state index in [1.807, 2.05) is 6.92 Å². The molecule has 0 aromatic heterocycles. The molecule has 1 amide bonds. The van der Waals surface area contributed by atoms with Crippen molar-refractivity contribution >= 4 is 29.8 Å². The van der Waals surface area contributed by atoms with Crippen LogP contribution in [0.5, 0.6) is 0 Å². The van der Waals surface area contributed by atoms with Crippen LogP contribution >= 0.6 is 0 Å². The van der Waals surface area contributed by atoms with Gasteiger partial charge in [0.25, 0.3) is 0 Å². The monoisotopic (exact) mass is 729 g/mol. The Morgan fingerprint density at radius 3 is 2.04 bits per heavy atom. The highest BCUT2D eigenvalue weighted by Crippen LogP contribution is 2.45. The molecule has 0 aromatic carbocycles. The number of carbonyl (C=O) groups excluding carboxylic acids is 1. The van der Waals surface area contributed by atoms with E-state index in [0.29, 0.717) is 12.8 Å². The number of carboxylic acids is 4. The lowest BCUT2D eigenvalue weighted by molar-refractivity contribution is -0.147. The van der Waals surface area contributed by atoms with Gasteiger partial charge in [-0.2, -0.15) is 0 Å². The lowest BCUT2D eigenvalue weighted by Gasteiger charge is -2.36. The highest BCUT2D eigenvalue weighted by Gasteiger charge is 2.55. The van der Waals surface area contributed by atoms with Crippen LogP contribution in [0, 0.1) is 41.4 Å². The molecule has 4 saturated heterocycles. The normalized spacial score (nSPS) is 40.7. The molecule has 5 rings (SSSR count). The first kappa shape index (κ1) is 39.9. The van der Waals surface area contributed by atoms with Crippen molar-refractivity contribution in [2.24, 2.45) is 41.4 Å². The topological polar surface area (TPSA) is 226 Å². The maximum Gasteiger partial charge on any atom is 0.326 e. The van der Waals surface area contributed by atoms with Crippen LogP contribution in [0.2, 0.25) is 0 Å². The van der Waals surface area contributed by atoms with Gasteiger partial charge in [0.15, 0.2) is 0 Å². The number of aliphatic carboxylic acids is 4. The third kappa shape index (κ3) is 8.09. The molecular weight excluding hydrogens is 670 g/mol. The van der Waals surface area contributed by atoms with E-state index < -0.39 is 66.2 Å². The minimum atomic E-state index is -1.66. The van der Waals surface area contributed by atoms with Gasteiger partial charge in [0.2, 0.25) is 5.91 Å². The average molecular weight is 730 g/mol. The quantitative estimate of drug-likeness (QED) is 0.132. The molecule has 0 spiro atoms. The second-order valence-corrected chi connectivity index (χ2v) is 16.3. The summed E-state index contributed by atoms with van der Waals surface area (Å²) in [5.41, 5.74) is 2.66. The Labute approximate surface area is 306 Å². The molecule has 16 atom stereocenters. The molecule has 5 aliphatic rings. The maximum absolute atomic E-state index is 13.8. The molecule has 8 bridgehead atoms. The predicted molar refractivity (Wildman–Crippen MR) is 192 cm³/mol. The summed E-state index contributed by atoms with van der Waals surface area (Å²) in [4.78, 5) is 62.2. The lowest BCUT2D eigenvalue weighted by Crippen LogP contribution is -2.53. The molecule has 14 heteroatoms. The predicted octanol–water partition coefficient (Wildman–Crippen LogP) is 2.20. The van der Waals surface area contributed by atoms with Gasteiger partial charge in [-0.05, 0) is 74.5 Å². The van der Waals surface area contributed by atoms with Crippen molar-refractivity contribution in [2.75, 3.05) is 0 Å². The molecule has 5 aliphatic heterocycles. The third-order valence-corrected chi connectivity index (χ3v) is 13.6. The molecule has 4 fully saturated rings. The fourth-order valence-corrected chi connectivity index (χ4v) is 10.8. The summed E-state index contributed by atoms with van der Waals surface area (Å²) in [6.07, 6.45) is 4.31. The summed E-state index contributed by atoms with van der Waals surface area (Å²) in [7, 11) is 0. The summed E-state index contributed by atoms with van der Waals surface area (Å²) in [5.74, 6) is -7.13. The van der Waals surface area contributed by atoms with Crippen molar-refractivity contribution in [1.29, 1.82) is 0 Å². The highest BCUT2D eigenvalue weighted by atomic mass is 16.4. The van der Waals surface area contributed by atoms with Crippen LogP contribution < -0.4 is 26.6 Å². The summed E-state index contributed by atoms with van der Waals surface area (Å²) in [6, 6.07) is -2.65. The number of carbonyl (C=O) groups is 5. The molecule has 9 N–H and O–H groups in total. The van der Waals surface area contributed by atoms with E-state index in [1.165, 1.54) is 11.1 Å². The standard InChI is InChI=1S/C38H59N5O9/c1-7-20-16(3)24-12-26-18(5)22(9-10-32(45)46)35(42-26)23(11-31(44)41-30(37(49)50)15-33(47)48)36-34(38(51)52)19(6)27(43-36)14-29-21(8-2)17(4)25(40-29)13-28(20)39-24/h7,16,18-20,22-30,34-36,39-40,42-43H,1,8-15H2,2-6H3,(H,41,44)(H,45,46)(H,47,48)(H,49,50)(H,51,52). The van der Waals surface area contributed by atoms with Crippen molar-refractivity contribution in [3.05, 3.63) is 23.8 Å². The van der Waals surface area contributed by atoms with Crippen LogP contribution in [0.25, 0.3) is 0 Å². The lowest BCUT2D eigenvalue weighted by atomic mass is 9.72. The van der Waals surface area contributed by atoms with E-state index in [0.717, 1.165) is 19.3 Å². The molecule has 0 saturated carbocycles. The molecule has 14 nitrogen and oxygen atoms in total. The Balaban J connectivity index is 1.59. The van der Waals surface area contributed by atoms with Crippen LogP contribution in [-0.4, -0.2) is 105 Å². The number of amides is 1. The van der Waals surface area contributed by atoms with E-state index in [1.54, 1.807) is 0 Å². The summed E-state index contributed by atoms with van der Waals surface area (Å²) in [5, 5.41) is 57.3. The van der Waals surface area contributed by atoms with Crippen LogP contribution in [0.1, 0.15) is 86.0 Å². The van der Waals surface area contributed by atoms with Crippen LogP contribution in [0.4, 0.5) is 0 Å². The fourth-order valence-electron chi connectivity index (χ4n) is 10.8. The van der Waals surface area contributed by atoms with Gasteiger partial charge in [-0.1, -0.05) is 44.9 Å². The van der Waals surface area contributed by atoms with Gasteiger partial charge in [-0.15, -0.1) is 6.58 Å². The molecule has 290 valence electrons. The molecule has 0 aromatic rings. The van der Waals surface area contributed by atoms with Gasteiger partial charge in [0.05, 0.1) is 12.3 Å². The van der Waals surface area contributed by atoms with Gasteiger partial charge in [-0.3, -0.25) is 19.2 Å². The van der Waals surface area contributed by atoms with E-state index in [-0.39, 0.29) is 78.7 Å². The average Bonchev–Trinajstić information content (AvgIpc) is 3.74. The molecule has 52 heavy (non-hydrogen) atoms. The van der Waals surface area contributed by atoms with Crippen molar-refractivity contribution in [3.63, 3.8) is 0 Å². The van der Waals surface area contributed by atoms with Crippen LogP contribution in [-0.2, 0) is 24.0 Å². The van der Waals surface area contributed by atoms with E-state index in [2.05, 4.69) is 66.9 Å². The zero-order chi connectivity index (χ0) is 38.2. The van der Waals surface area contributed by atoms with Crippen LogP contribution in [0.15, 0.2) is 23.8 Å². The molecular formula is C38H59N5O9. The number of carboxylic acid groups (broad SMARTS) is 4.